The molecule has 0 aliphatic carbocycles. The van der Waals surface area contributed by atoms with Crippen molar-refractivity contribution in [3.63, 3.8) is 0 Å². The molecule has 0 unspecified atom stereocenters. The van der Waals surface area contributed by atoms with E-state index in [1.165, 1.54) is 70.6 Å². The normalized spacial score (nSPS) is 23.6. The number of amides is 9. The molecule has 12 N–H and O–H groups in total. The smallest absolute Gasteiger partial charge is 0.246 e. The van der Waals surface area contributed by atoms with Crippen LogP contribution in [0.4, 0.5) is 4.39 Å². The Hall–Kier alpha value is -8.80. The summed E-state index contributed by atoms with van der Waals surface area (Å²) in [6.45, 7) is 1.40. The Kier molecular flexibility index (Phi) is 25.2. The van der Waals surface area contributed by atoms with Crippen LogP contribution in [0.2, 0.25) is 0 Å². The molecule has 3 aliphatic rings. The van der Waals surface area contributed by atoms with Gasteiger partial charge in [0.25, 0.3) is 0 Å². The van der Waals surface area contributed by atoms with Crippen molar-refractivity contribution >= 4 is 93.4 Å². The van der Waals surface area contributed by atoms with Crippen molar-refractivity contribution in [3.8, 4) is 11.8 Å². The van der Waals surface area contributed by atoms with Gasteiger partial charge in [0.2, 0.25) is 53.2 Å². The molecule has 23 nitrogen and oxygen atoms in total. The fourth-order valence-electron chi connectivity index (χ4n) is 11.7. The number of carbonyl (C=O) groups excluding carboxylic acids is 10. The number of nitriles is 1. The number of aromatic amines is 1. The lowest BCUT2D eigenvalue weighted by Gasteiger charge is -2.31. The molecule has 9 amide bonds. The number of thioether (sulfide) groups is 2. The molecule has 2 fully saturated rings. The third-order valence-corrected chi connectivity index (χ3v) is 18.7. The lowest BCUT2D eigenvalue weighted by atomic mass is 9.92. The van der Waals surface area contributed by atoms with Crippen LogP contribution in [0.5, 0.6) is 5.75 Å². The van der Waals surface area contributed by atoms with Crippen molar-refractivity contribution in [2.45, 2.75) is 138 Å². The van der Waals surface area contributed by atoms with Crippen molar-refractivity contribution in [2.24, 2.45) is 17.4 Å². The fraction of sp³-hybridized carbons (Fsp3) is 0.439. The SMILES string of the molecule is C[C@@H]1NC(=O)[C@@H]2CCCN2C(=O)[C@H](Cc2cccc(C#N)c2)NC(=O)[C@H](Cc2c[nH]c3ccc(F)cc23)CC(=O)CNC(=O)[C@H](CCCCN)NC(=O)CCSCc2cccc(c2)CSC[C@@H](C(N)=O)NC(=O)[C@@H]2CCCN2C(=O)[C@H](Cc2ccc(O)cc2)NC1=O. The summed E-state index contributed by atoms with van der Waals surface area (Å²) in [7, 11) is 0. The van der Waals surface area contributed by atoms with E-state index >= 15 is 4.79 Å². The number of hydrogen-bond acceptors (Lipinski definition) is 15. The maximum atomic E-state index is 15.1. The van der Waals surface area contributed by atoms with Crippen LogP contribution in [0, 0.1) is 23.1 Å². The number of rotatable bonds is 11. The number of nitrogens with one attached hydrogen (secondary N) is 7. The van der Waals surface area contributed by atoms with Gasteiger partial charge in [-0.1, -0.05) is 48.5 Å². The van der Waals surface area contributed by atoms with Crippen molar-refractivity contribution in [3.05, 3.63) is 136 Å². The van der Waals surface area contributed by atoms with E-state index in [0.29, 0.717) is 77.1 Å². The molecule has 1 aromatic heterocycles. The molecule has 4 aromatic carbocycles. The van der Waals surface area contributed by atoms with Crippen LogP contribution in [0.1, 0.15) is 98.1 Å². The molecular formula is C66H79FN12O11S2. The van der Waals surface area contributed by atoms with Gasteiger partial charge in [-0.2, -0.15) is 28.8 Å². The van der Waals surface area contributed by atoms with E-state index in [2.05, 4.69) is 43.0 Å². The molecule has 2 saturated heterocycles. The van der Waals surface area contributed by atoms with Crippen molar-refractivity contribution < 1.29 is 57.4 Å². The first-order chi connectivity index (χ1) is 44.3. The zero-order valence-corrected chi connectivity index (χ0v) is 52.9. The van der Waals surface area contributed by atoms with E-state index in [9.17, 15) is 57.9 Å². The monoisotopic (exact) mass is 1300 g/mol. The van der Waals surface area contributed by atoms with E-state index < -0.39 is 126 Å². The molecule has 92 heavy (non-hydrogen) atoms. The second kappa shape index (κ2) is 33.5. The number of nitrogens with two attached hydrogens (primary N) is 2. The van der Waals surface area contributed by atoms with E-state index in [1.807, 2.05) is 24.3 Å². The number of primary amides is 1. The Morgan fingerprint density at radius 2 is 1.36 bits per heavy atom. The number of phenolic OH excluding ortho intramolecular Hbond substituents is 1. The highest BCUT2D eigenvalue weighted by atomic mass is 32.2. The van der Waals surface area contributed by atoms with Gasteiger partial charge >= 0.3 is 0 Å². The molecule has 0 radical (unpaired) electrons. The maximum absolute atomic E-state index is 15.1. The molecule has 488 valence electrons. The molecule has 4 heterocycles. The van der Waals surface area contributed by atoms with E-state index in [4.69, 9.17) is 11.5 Å². The minimum Gasteiger partial charge on any atom is -0.508 e. The van der Waals surface area contributed by atoms with Crippen LogP contribution < -0.4 is 43.4 Å². The molecule has 2 bridgehead atoms. The van der Waals surface area contributed by atoms with Crippen LogP contribution >= 0.6 is 23.5 Å². The van der Waals surface area contributed by atoms with Gasteiger partial charge in [-0.25, -0.2) is 4.39 Å². The van der Waals surface area contributed by atoms with Crippen LogP contribution in [-0.2, 0) is 78.7 Å². The summed E-state index contributed by atoms with van der Waals surface area (Å²) in [5, 5.41) is 36.9. The number of carbonyl (C=O) groups is 10. The molecule has 0 spiro atoms. The number of unbranched alkanes of at least 4 members (excludes halogenated alkanes) is 1. The minimum atomic E-state index is -1.41. The van der Waals surface area contributed by atoms with Crippen molar-refractivity contribution in [2.75, 3.05) is 37.7 Å². The van der Waals surface area contributed by atoms with Gasteiger partial charge in [0.1, 0.15) is 53.9 Å². The number of Topliss-reactive ketones (excluding diaryl/α,β-unsaturated/α-hetero) is 1. The quantitative estimate of drug-likeness (QED) is 0.0849. The first-order valence-electron chi connectivity index (χ1n) is 30.9. The lowest BCUT2D eigenvalue weighted by Crippen LogP contribution is -2.59. The number of halogens is 1. The standard InChI is InChI=1S/C66H79FN12O11S2/c1-39-60(84)75-53(28-40-15-18-48(80)19-16-40)65(89)79-24-7-14-57(79)64(88)77-55(59(70)83)38-92-37-44-11-5-10-43(27-44)36-91-25-21-58(82)74-52(12-2-3-22-68)62(86)72-35-49(81)31-45(30-46-34-71-51-20-17-47(67)32-50(46)51)61(85)76-54(29-41-8-4-9-42(26-41)33-69)66(90)78-23-6-13-56(78)63(87)73-39/h4-5,8-11,15-20,26-27,32,34,39,45,52-57,71,80H,2-3,6-7,12-14,21-25,28-31,35-38,68H2,1H3,(H2,70,83)(H,72,86)(H,73,87)(H,74,82)(H,75,84)(H,76,85)(H,77,88)/t39-,45+,52-,53-,54-,55-,56-,57-/m0/s1. The van der Waals surface area contributed by atoms with Gasteiger partial charge in [-0.3, -0.25) is 47.9 Å². The summed E-state index contributed by atoms with van der Waals surface area (Å²) < 4.78 is 14.8. The number of H-pyrrole nitrogens is 1. The number of ketones is 1. The number of nitrogens with zero attached hydrogens (tertiary/aromatic N) is 3. The predicted octanol–water partition coefficient (Wildman–Crippen LogP) is 3.21. The van der Waals surface area contributed by atoms with Crippen LogP contribution in [-0.4, -0.2) is 159 Å². The summed E-state index contributed by atoms with van der Waals surface area (Å²) >= 11 is 2.87. The Bertz CT molecular complexity index is 3550. The second-order valence-corrected chi connectivity index (χ2v) is 25.6. The first-order valence-corrected chi connectivity index (χ1v) is 33.2. The lowest BCUT2D eigenvalue weighted by molar-refractivity contribution is -0.143. The fourth-order valence-corrected chi connectivity index (χ4v) is 13.6. The van der Waals surface area contributed by atoms with Crippen LogP contribution in [0.15, 0.2) is 97.2 Å². The highest BCUT2D eigenvalue weighted by molar-refractivity contribution is 7.98. The van der Waals surface area contributed by atoms with E-state index in [-0.39, 0.29) is 75.1 Å². The molecular weight excluding hydrogens is 1220 g/mol. The zero-order valence-electron chi connectivity index (χ0n) is 51.2. The second-order valence-electron chi connectivity index (χ2n) is 23.5. The maximum Gasteiger partial charge on any atom is 0.246 e. The van der Waals surface area contributed by atoms with Gasteiger partial charge in [-0.15, -0.1) is 0 Å². The van der Waals surface area contributed by atoms with Gasteiger partial charge in [0, 0.05) is 84.8 Å². The number of aromatic nitrogens is 1. The number of fused-ring (bicyclic) bond motifs is 5. The van der Waals surface area contributed by atoms with Gasteiger partial charge < -0.3 is 63.3 Å². The number of phenols is 1. The van der Waals surface area contributed by atoms with Gasteiger partial charge in [0.15, 0.2) is 5.78 Å². The van der Waals surface area contributed by atoms with Gasteiger partial charge in [0.05, 0.1) is 18.2 Å². The third-order valence-electron chi connectivity index (χ3n) is 16.6. The van der Waals surface area contributed by atoms with E-state index in [1.54, 1.807) is 42.6 Å². The Balaban J connectivity index is 1.08. The van der Waals surface area contributed by atoms with Crippen molar-refractivity contribution in [1.29, 1.82) is 5.26 Å². The first kappa shape index (κ1) is 69.1. The Morgan fingerprint density at radius 3 is 2.03 bits per heavy atom. The highest BCUT2D eigenvalue weighted by Crippen LogP contribution is 2.27. The van der Waals surface area contributed by atoms with Crippen molar-refractivity contribution in [1.82, 2.24) is 46.7 Å². The molecule has 8 rings (SSSR count). The molecule has 3 aliphatic heterocycles. The number of hydrogen-bond donors (Lipinski definition) is 10. The summed E-state index contributed by atoms with van der Waals surface area (Å²) in [6.07, 6.45) is 3.21. The topological polar surface area (TPSA) is 361 Å². The molecule has 26 heteroatoms. The predicted molar refractivity (Wildman–Crippen MR) is 345 cm³/mol. The highest BCUT2D eigenvalue weighted by Gasteiger charge is 2.42. The summed E-state index contributed by atoms with van der Waals surface area (Å²) in [5.41, 5.74) is 15.8. The summed E-state index contributed by atoms with van der Waals surface area (Å²) in [5.74, 6) is -6.89. The Morgan fingerprint density at radius 1 is 0.707 bits per heavy atom. The van der Waals surface area contributed by atoms with Crippen LogP contribution in [0.25, 0.3) is 10.9 Å². The van der Waals surface area contributed by atoms with E-state index in [0.717, 1.165) is 11.1 Å². The third kappa shape index (κ3) is 19.4. The average molecular weight is 1300 g/mol. The largest absolute Gasteiger partial charge is 0.508 e. The molecule has 5 aromatic rings. The zero-order chi connectivity index (χ0) is 65.8. The Labute approximate surface area is 541 Å². The average Bonchev–Trinajstić information content (AvgIpc) is 1.76. The summed E-state index contributed by atoms with van der Waals surface area (Å²) in [4.78, 5) is 148. The van der Waals surface area contributed by atoms with Crippen LogP contribution in [0.3, 0.4) is 0 Å². The van der Waals surface area contributed by atoms with Gasteiger partial charge in [-0.05, 0) is 135 Å². The molecule has 8 atom stereocenters. The summed E-state index contributed by atoms with van der Waals surface area (Å²) in [6, 6.07) is 17.9. The number of aromatic hydroxyl groups is 1. The minimum absolute atomic E-state index is 0.0404. The number of benzene rings is 4. The molecule has 0 saturated carbocycles.